The van der Waals surface area contributed by atoms with Crippen LogP contribution in [-0.4, -0.2) is 31.6 Å². The zero-order valence-corrected chi connectivity index (χ0v) is 14.4. The van der Waals surface area contributed by atoms with Crippen molar-refractivity contribution in [1.29, 1.82) is 0 Å². The summed E-state index contributed by atoms with van der Waals surface area (Å²) in [4.78, 5) is 42.4. The van der Waals surface area contributed by atoms with E-state index >= 15 is 0 Å². The fourth-order valence-electron chi connectivity index (χ4n) is 3.00. The van der Waals surface area contributed by atoms with Gasteiger partial charge < -0.3 is 15.2 Å². The normalized spacial score (nSPS) is 19.3. The van der Waals surface area contributed by atoms with Gasteiger partial charge in [-0.2, -0.15) is 9.78 Å². The molecule has 2 atom stereocenters. The van der Waals surface area contributed by atoms with Gasteiger partial charge in [-0.25, -0.2) is 4.98 Å². The molecule has 0 saturated carbocycles. The number of aliphatic carboxylic acids is 1. The topological polar surface area (TPSA) is 133 Å². The second-order valence-electron chi connectivity index (χ2n) is 6.26. The van der Waals surface area contributed by atoms with Gasteiger partial charge in [-0.3, -0.25) is 14.6 Å². The van der Waals surface area contributed by atoms with E-state index in [0.29, 0.717) is 23.6 Å². The standard InChI is InChI=1S/C17H19N5O4/c1-9-8-14(23)20-17(18-9)22-13(7-10(2)21-22)19-15(24)11-5-3-4-6-12(11)16(25)26/h3-4,7-8,11-12H,5-6H2,1-2H3,(H,19,24)(H,25,26)(H,18,20,23)/p-1/t11-,12-/m0/s1. The van der Waals surface area contributed by atoms with E-state index in [0.717, 1.165) is 0 Å². The Kier molecular flexibility index (Phi) is 4.70. The summed E-state index contributed by atoms with van der Waals surface area (Å²) in [6.07, 6.45) is 4.09. The minimum absolute atomic E-state index is 0.165. The van der Waals surface area contributed by atoms with Crippen LogP contribution in [0.15, 0.2) is 29.1 Å². The maximum atomic E-state index is 12.6. The Labute approximate surface area is 148 Å². The molecule has 1 aliphatic carbocycles. The lowest BCUT2D eigenvalue weighted by molar-refractivity contribution is -0.313. The first-order valence-corrected chi connectivity index (χ1v) is 8.17. The number of aromatic amines is 1. The zero-order valence-electron chi connectivity index (χ0n) is 14.4. The lowest BCUT2D eigenvalue weighted by Gasteiger charge is -2.28. The van der Waals surface area contributed by atoms with Crippen LogP contribution in [0.5, 0.6) is 0 Å². The molecule has 136 valence electrons. The number of nitrogens with zero attached hydrogens (tertiary/aromatic N) is 3. The van der Waals surface area contributed by atoms with Gasteiger partial charge in [0.25, 0.3) is 5.56 Å². The monoisotopic (exact) mass is 356 g/mol. The fourth-order valence-corrected chi connectivity index (χ4v) is 3.00. The van der Waals surface area contributed by atoms with E-state index < -0.39 is 23.7 Å². The van der Waals surface area contributed by atoms with Crippen LogP contribution in [0.25, 0.3) is 5.95 Å². The summed E-state index contributed by atoms with van der Waals surface area (Å²) >= 11 is 0. The molecule has 2 aromatic heterocycles. The van der Waals surface area contributed by atoms with Crippen LogP contribution in [-0.2, 0) is 9.59 Å². The Morgan fingerprint density at radius 3 is 2.54 bits per heavy atom. The van der Waals surface area contributed by atoms with E-state index in [1.165, 1.54) is 10.7 Å². The van der Waals surface area contributed by atoms with Crippen molar-refractivity contribution in [3.05, 3.63) is 46.0 Å². The van der Waals surface area contributed by atoms with E-state index in [4.69, 9.17) is 0 Å². The Hall–Kier alpha value is -3.23. The molecule has 0 radical (unpaired) electrons. The van der Waals surface area contributed by atoms with Crippen LogP contribution in [0.4, 0.5) is 5.82 Å². The van der Waals surface area contributed by atoms with E-state index in [9.17, 15) is 19.5 Å². The summed E-state index contributed by atoms with van der Waals surface area (Å²) in [6.45, 7) is 3.40. The van der Waals surface area contributed by atoms with Crippen LogP contribution in [0.1, 0.15) is 24.2 Å². The molecule has 2 aromatic rings. The molecule has 0 unspecified atom stereocenters. The van der Waals surface area contributed by atoms with Crippen molar-refractivity contribution in [2.45, 2.75) is 26.7 Å². The number of anilines is 1. The van der Waals surface area contributed by atoms with Crippen molar-refractivity contribution >= 4 is 17.7 Å². The molecule has 2 heterocycles. The first-order valence-electron chi connectivity index (χ1n) is 8.17. The number of hydrogen-bond donors (Lipinski definition) is 2. The number of H-pyrrole nitrogens is 1. The van der Waals surface area contributed by atoms with Gasteiger partial charge in [0.1, 0.15) is 5.82 Å². The lowest BCUT2D eigenvalue weighted by atomic mass is 9.82. The maximum absolute atomic E-state index is 12.6. The lowest BCUT2D eigenvalue weighted by Crippen LogP contribution is -2.41. The Bertz CT molecular complexity index is 943. The number of allylic oxidation sites excluding steroid dienone is 2. The quantitative estimate of drug-likeness (QED) is 0.732. The molecule has 2 N–H and O–H groups in total. The number of carbonyl (C=O) groups excluding carboxylic acids is 2. The number of amides is 1. The number of aromatic nitrogens is 4. The summed E-state index contributed by atoms with van der Waals surface area (Å²) in [5.41, 5.74) is 0.764. The van der Waals surface area contributed by atoms with Crippen molar-refractivity contribution in [2.24, 2.45) is 11.8 Å². The predicted octanol–water partition coefficient (Wildman–Crippen LogP) is -0.157. The van der Waals surface area contributed by atoms with Gasteiger partial charge in [-0.15, -0.1) is 0 Å². The van der Waals surface area contributed by atoms with Gasteiger partial charge in [0.2, 0.25) is 11.9 Å². The van der Waals surface area contributed by atoms with Gasteiger partial charge in [0.05, 0.1) is 11.6 Å². The Morgan fingerprint density at radius 2 is 1.88 bits per heavy atom. The molecule has 9 heteroatoms. The van der Waals surface area contributed by atoms with Gasteiger partial charge in [-0.1, -0.05) is 12.2 Å². The highest BCUT2D eigenvalue weighted by atomic mass is 16.4. The van der Waals surface area contributed by atoms with Crippen molar-refractivity contribution in [1.82, 2.24) is 19.7 Å². The number of carboxylic acids is 1. The number of nitrogens with one attached hydrogen (secondary N) is 2. The van der Waals surface area contributed by atoms with Gasteiger partial charge in [0, 0.05) is 29.7 Å². The average Bonchev–Trinajstić information content (AvgIpc) is 2.94. The van der Waals surface area contributed by atoms with E-state index in [1.54, 1.807) is 32.1 Å². The Balaban J connectivity index is 1.91. The Morgan fingerprint density at radius 1 is 1.19 bits per heavy atom. The van der Waals surface area contributed by atoms with E-state index in [-0.39, 0.29) is 17.9 Å². The largest absolute Gasteiger partial charge is 0.550 e. The van der Waals surface area contributed by atoms with Crippen molar-refractivity contribution < 1.29 is 14.7 Å². The highest BCUT2D eigenvalue weighted by molar-refractivity contribution is 5.94. The number of aryl methyl sites for hydroxylation is 2. The summed E-state index contributed by atoms with van der Waals surface area (Å²) in [5.74, 6) is -2.84. The van der Waals surface area contributed by atoms with Crippen LogP contribution < -0.4 is 16.0 Å². The first-order chi connectivity index (χ1) is 12.3. The molecular weight excluding hydrogens is 338 g/mol. The minimum Gasteiger partial charge on any atom is -0.550 e. The third-order valence-corrected chi connectivity index (χ3v) is 4.21. The average molecular weight is 356 g/mol. The molecule has 0 aromatic carbocycles. The zero-order chi connectivity index (χ0) is 18.8. The molecule has 1 aliphatic rings. The van der Waals surface area contributed by atoms with Crippen LogP contribution >= 0.6 is 0 Å². The smallest absolute Gasteiger partial charge is 0.252 e. The number of hydrogen-bond acceptors (Lipinski definition) is 6. The first kappa shape index (κ1) is 17.6. The molecule has 0 saturated heterocycles. The third kappa shape index (κ3) is 3.56. The number of carbonyl (C=O) groups is 2. The molecule has 1 amide bonds. The van der Waals surface area contributed by atoms with Crippen molar-refractivity contribution in [3.8, 4) is 5.95 Å². The number of rotatable bonds is 4. The van der Waals surface area contributed by atoms with Gasteiger partial charge in [-0.05, 0) is 26.7 Å². The highest BCUT2D eigenvalue weighted by Crippen LogP contribution is 2.27. The predicted molar refractivity (Wildman–Crippen MR) is 90.4 cm³/mol. The summed E-state index contributed by atoms with van der Waals surface area (Å²) in [6, 6.07) is 2.96. The summed E-state index contributed by atoms with van der Waals surface area (Å²) < 4.78 is 1.31. The molecule has 26 heavy (non-hydrogen) atoms. The molecule has 0 aliphatic heterocycles. The van der Waals surface area contributed by atoms with Crippen LogP contribution in [0, 0.1) is 25.7 Å². The minimum atomic E-state index is -1.25. The maximum Gasteiger partial charge on any atom is 0.252 e. The van der Waals surface area contributed by atoms with Crippen LogP contribution in [0.3, 0.4) is 0 Å². The second-order valence-corrected chi connectivity index (χ2v) is 6.26. The van der Waals surface area contributed by atoms with Crippen LogP contribution in [0.2, 0.25) is 0 Å². The molecule has 9 nitrogen and oxygen atoms in total. The third-order valence-electron chi connectivity index (χ3n) is 4.21. The van der Waals surface area contributed by atoms with Crippen molar-refractivity contribution in [2.75, 3.05) is 5.32 Å². The van der Waals surface area contributed by atoms with E-state index in [2.05, 4.69) is 20.4 Å². The van der Waals surface area contributed by atoms with Gasteiger partial charge in [0.15, 0.2) is 0 Å². The molecule has 0 spiro atoms. The number of carboxylic acid groups (broad SMARTS) is 1. The summed E-state index contributed by atoms with van der Waals surface area (Å²) in [7, 11) is 0. The second kappa shape index (κ2) is 6.95. The summed E-state index contributed by atoms with van der Waals surface area (Å²) in [5, 5.41) is 18.2. The molecule has 0 bridgehead atoms. The fraction of sp³-hybridized carbons (Fsp3) is 0.353. The molecular formula is C17H18N5O4-. The van der Waals surface area contributed by atoms with Crippen molar-refractivity contribution in [3.63, 3.8) is 0 Å². The van der Waals surface area contributed by atoms with Gasteiger partial charge >= 0.3 is 0 Å². The van der Waals surface area contributed by atoms with E-state index in [1.807, 2.05) is 0 Å². The highest BCUT2D eigenvalue weighted by Gasteiger charge is 2.30. The molecule has 0 fully saturated rings. The molecule has 3 rings (SSSR count). The SMILES string of the molecule is Cc1cc(=O)[nH]c(-n2nc(C)cc2NC(=O)[C@H]2CC=CC[C@@H]2C(=O)[O-])n1.